The summed E-state index contributed by atoms with van der Waals surface area (Å²) in [7, 11) is -3.18. The van der Waals surface area contributed by atoms with Crippen molar-refractivity contribution in [3.05, 3.63) is 30.2 Å². The third kappa shape index (κ3) is 3.44. The van der Waals surface area contributed by atoms with Crippen LogP contribution in [0.1, 0.15) is 24.8 Å². The molecular weight excluding hydrogens is 378 g/mol. The molecule has 4 rings (SSSR count). The zero-order valence-corrected chi connectivity index (χ0v) is 15.3. The van der Waals surface area contributed by atoms with Crippen LogP contribution in [0.4, 0.5) is 14.7 Å². The Bertz CT molecular complexity index is 1090. The first-order chi connectivity index (χ1) is 12.8. The maximum atomic E-state index is 13.3. The van der Waals surface area contributed by atoms with Gasteiger partial charge in [0.25, 0.3) is 6.43 Å². The smallest absolute Gasteiger partial charge is 0.267 e. The molecule has 3 aromatic rings. The molecule has 0 unspecified atom stereocenters. The van der Waals surface area contributed by atoms with E-state index < -0.39 is 16.4 Å². The normalized spacial score (nSPS) is 17.2. The predicted octanol–water partition coefficient (Wildman–Crippen LogP) is 2.05. The van der Waals surface area contributed by atoms with Gasteiger partial charge >= 0.3 is 0 Å². The molecule has 0 saturated carbocycles. The lowest BCUT2D eigenvalue weighted by Crippen LogP contribution is -2.42. The summed E-state index contributed by atoms with van der Waals surface area (Å²) in [6, 6.07) is 1.40. The number of nitrogens with zero attached hydrogens (tertiary/aromatic N) is 5. The van der Waals surface area contributed by atoms with Crippen molar-refractivity contribution in [2.45, 2.75) is 25.3 Å². The van der Waals surface area contributed by atoms with Gasteiger partial charge in [-0.25, -0.2) is 31.5 Å². The first-order valence-electron chi connectivity index (χ1n) is 8.45. The number of fused-ring (bicyclic) bond motifs is 3. The lowest BCUT2D eigenvalue weighted by molar-refractivity contribution is 0.152. The van der Waals surface area contributed by atoms with Crippen molar-refractivity contribution >= 4 is 32.7 Å². The van der Waals surface area contributed by atoms with Crippen LogP contribution in [0.15, 0.2) is 24.7 Å². The van der Waals surface area contributed by atoms with Crippen LogP contribution in [0.5, 0.6) is 0 Å². The Balaban J connectivity index is 1.60. The molecule has 1 saturated heterocycles. The summed E-state index contributed by atoms with van der Waals surface area (Å²) in [5.74, 6) is 0.375. The van der Waals surface area contributed by atoms with Gasteiger partial charge in [0, 0.05) is 43.1 Å². The van der Waals surface area contributed by atoms with Crippen molar-refractivity contribution in [3.63, 3.8) is 0 Å². The highest BCUT2D eigenvalue weighted by Crippen LogP contribution is 2.27. The SMILES string of the molecule is CS(=O)(=O)N1CCC(Nc2ncc3cc(C(F)F)c4nccn4c3n2)CC1. The van der Waals surface area contributed by atoms with Gasteiger partial charge in [-0.2, -0.15) is 4.98 Å². The Kier molecular flexibility index (Phi) is 4.42. The quantitative estimate of drug-likeness (QED) is 0.726. The monoisotopic (exact) mass is 396 g/mol. The van der Waals surface area contributed by atoms with Crippen molar-refractivity contribution < 1.29 is 17.2 Å². The van der Waals surface area contributed by atoms with Crippen LogP contribution in [0.2, 0.25) is 0 Å². The molecule has 4 heterocycles. The number of piperidine rings is 1. The molecule has 0 atom stereocenters. The Morgan fingerprint density at radius 2 is 1.96 bits per heavy atom. The van der Waals surface area contributed by atoms with E-state index in [1.165, 1.54) is 33.4 Å². The highest BCUT2D eigenvalue weighted by molar-refractivity contribution is 7.88. The summed E-state index contributed by atoms with van der Waals surface area (Å²) in [4.78, 5) is 12.7. The summed E-state index contributed by atoms with van der Waals surface area (Å²) < 4.78 is 52.7. The largest absolute Gasteiger partial charge is 0.351 e. The molecule has 1 aliphatic heterocycles. The molecule has 0 spiro atoms. The number of nitrogens with one attached hydrogen (secondary N) is 1. The maximum absolute atomic E-state index is 13.3. The third-order valence-electron chi connectivity index (χ3n) is 4.73. The molecule has 8 nitrogen and oxygen atoms in total. The van der Waals surface area contributed by atoms with E-state index in [1.807, 2.05) is 0 Å². The van der Waals surface area contributed by atoms with E-state index in [-0.39, 0.29) is 17.3 Å². The van der Waals surface area contributed by atoms with Crippen LogP contribution in [-0.2, 0) is 10.0 Å². The number of hydrogen-bond donors (Lipinski definition) is 1. The van der Waals surface area contributed by atoms with E-state index in [0.29, 0.717) is 42.9 Å². The molecule has 0 radical (unpaired) electrons. The van der Waals surface area contributed by atoms with Gasteiger partial charge in [-0.3, -0.25) is 4.40 Å². The fraction of sp³-hybridized carbons (Fsp3) is 0.438. The van der Waals surface area contributed by atoms with Crippen molar-refractivity contribution in [3.8, 4) is 0 Å². The molecule has 3 aromatic heterocycles. The van der Waals surface area contributed by atoms with E-state index in [2.05, 4.69) is 20.3 Å². The predicted molar refractivity (Wildman–Crippen MR) is 96.3 cm³/mol. The van der Waals surface area contributed by atoms with Crippen LogP contribution in [0.25, 0.3) is 16.7 Å². The van der Waals surface area contributed by atoms with Crippen LogP contribution in [-0.4, -0.2) is 57.5 Å². The summed E-state index contributed by atoms with van der Waals surface area (Å²) in [5.41, 5.74) is 0.492. The first-order valence-corrected chi connectivity index (χ1v) is 10.3. The van der Waals surface area contributed by atoms with Crippen LogP contribution in [0.3, 0.4) is 0 Å². The number of rotatable bonds is 4. The van der Waals surface area contributed by atoms with E-state index in [4.69, 9.17) is 0 Å². The number of aromatic nitrogens is 4. The highest BCUT2D eigenvalue weighted by atomic mass is 32.2. The summed E-state index contributed by atoms with van der Waals surface area (Å²) in [5, 5.41) is 3.71. The Morgan fingerprint density at radius 3 is 2.63 bits per heavy atom. The van der Waals surface area contributed by atoms with Gasteiger partial charge < -0.3 is 5.32 Å². The molecule has 1 aliphatic rings. The van der Waals surface area contributed by atoms with Crippen molar-refractivity contribution in [1.29, 1.82) is 0 Å². The van der Waals surface area contributed by atoms with Crippen LogP contribution in [0, 0.1) is 0 Å². The molecule has 11 heteroatoms. The number of halogens is 2. The standard InChI is InChI=1S/C16H18F2N6O2S/c1-27(25,26)23-5-2-11(3-6-23)21-16-20-9-10-8-12(13(17)18)15-19-4-7-24(15)14(10)22-16/h4,7-9,11,13H,2-3,5-6H2,1H3,(H,20,21,22). The summed E-state index contributed by atoms with van der Waals surface area (Å²) in [6.07, 6.45) is 4.39. The molecule has 1 fully saturated rings. The lowest BCUT2D eigenvalue weighted by atomic mass is 10.1. The fourth-order valence-electron chi connectivity index (χ4n) is 3.34. The molecule has 0 bridgehead atoms. The van der Waals surface area contributed by atoms with Gasteiger partial charge in [-0.1, -0.05) is 0 Å². The number of anilines is 1. The first kappa shape index (κ1) is 18.0. The van der Waals surface area contributed by atoms with Crippen molar-refractivity contribution in [1.82, 2.24) is 23.7 Å². The van der Waals surface area contributed by atoms with Gasteiger partial charge in [0.05, 0.1) is 11.8 Å². The van der Waals surface area contributed by atoms with Crippen LogP contribution < -0.4 is 5.32 Å². The number of sulfonamides is 1. The molecule has 1 N–H and O–H groups in total. The summed E-state index contributed by atoms with van der Waals surface area (Å²) in [6.45, 7) is 0.876. The molecule has 27 heavy (non-hydrogen) atoms. The number of pyridine rings is 1. The van der Waals surface area contributed by atoms with E-state index in [1.54, 1.807) is 6.20 Å². The average Bonchev–Trinajstić information content (AvgIpc) is 3.10. The summed E-state index contributed by atoms with van der Waals surface area (Å²) >= 11 is 0. The number of imidazole rings is 1. The van der Waals surface area contributed by atoms with E-state index in [9.17, 15) is 17.2 Å². The number of hydrogen-bond acceptors (Lipinski definition) is 6. The molecule has 0 aromatic carbocycles. The highest BCUT2D eigenvalue weighted by Gasteiger charge is 2.25. The maximum Gasteiger partial charge on any atom is 0.267 e. The topological polar surface area (TPSA) is 92.5 Å². The molecule has 144 valence electrons. The third-order valence-corrected chi connectivity index (χ3v) is 6.03. The van der Waals surface area contributed by atoms with Gasteiger partial charge in [-0.05, 0) is 18.9 Å². The van der Waals surface area contributed by atoms with E-state index in [0.717, 1.165) is 0 Å². The Morgan fingerprint density at radius 1 is 1.22 bits per heavy atom. The zero-order valence-electron chi connectivity index (χ0n) is 14.5. The molecular formula is C16H18F2N6O2S. The Hall–Kier alpha value is -2.40. The second kappa shape index (κ2) is 6.64. The fourth-order valence-corrected chi connectivity index (χ4v) is 4.22. The van der Waals surface area contributed by atoms with Gasteiger partial charge in [0.15, 0.2) is 5.65 Å². The van der Waals surface area contributed by atoms with Gasteiger partial charge in [-0.15, -0.1) is 0 Å². The second-order valence-corrected chi connectivity index (χ2v) is 8.56. The van der Waals surface area contributed by atoms with Crippen molar-refractivity contribution in [2.75, 3.05) is 24.7 Å². The molecule has 0 aliphatic carbocycles. The number of alkyl halides is 2. The lowest BCUT2D eigenvalue weighted by Gasteiger charge is -2.30. The minimum Gasteiger partial charge on any atom is -0.351 e. The van der Waals surface area contributed by atoms with Crippen LogP contribution >= 0.6 is 0 Å². The molecule has 0 amide bonds. The minimum absolute atomic E-state index is 0.0408. The van der Waals surface area contributed by atoms with Gasteiger partial charge in [0.1, 0.15) is 5.65 Å². The van der Waals surface area contributed by atoms with Crippen molar-refractivity contribution in [2.24, 2.45) is 0 Å². The Labute approximate surface area is 154 Å². The minimum atomic E-state index is -3.18. The van der Waals surface area contributed by atoms with E-state index >= 15 is 0 Å². The second-order valence-electron chi connectivity index (χ2n) is 6.57. The average molecular weight is 396 g/mol. The van der Waals surface area contributed by atoms with Gasteiger partial charge in [0.2, 0.25) is 16.0 Å². The zero-order chi connectivity index (χ0) is 19.2.